The van der Waals surface area contributed by atoms with E-state index in [1.807, 2.05) is 29.2 Å². The van der Waals surface area contributed by atoms with Crippen LogP contribution in [-0.4, -0.2) is 46.6 Å². The number of rotatable bonds is 15. The molecule has 4 aromatic rings. The van der Waals surface area contributed by atoms with Crippen molar-refractivity contribution < 1.29 is 27.8 Å². The Kier molecular flexibility index (Phi) is 11.9. The van der Waals surface area contributed by atoms with Gasteiger partial charge in [-0.05, 0) is 83.9 Å². The molecule has 0 saturated carbocycles. The Morgan fingerprint density at radius 1 is 0.977 bits per heavy atom. The highest BCUT2D eigenvalue weighted by Crippen LogP contribution is 2.24. The van der Waals surface area contributed by atoms with E-state index < -0.39 is 18.1 Å². The van der Waals surface area contributed by atoms with Gasteiger partial charge < -0.3 is 19.4 Å². The van der Waals surface area contributed by atoms with Gasteiger partial charge in [0.1, 0.15) is 23.8 Å². The second-order valence-electron chi connectivity index (χ2n) is 10.1. The van der Waals surface area contributed by atoms with E-state index in [-0.39, 0.29) is 24.1 Å². The van der Waals surface area contributed by atoms with Crippen LogP contribution in [0.4, 0.5) is 8.78 Å². The van der Waals surface area contributed by atoms with Gasteiger partial charge in [-0.25, -0.2) is 18.6 Å². The molecule has 4 rings (SSSR count). The summed E-state index contributed by atoms with van der Waals surface area (Å²) in [6.45, 7) is 0.646. The van der Waals surface area contributed by atoms with E-state index in [1.54, 1.807) is 54.6 Å². The van der Waals surface area contributed by atoms with E-state index in [9.17, 15) is 18.4 Å². The Bertz CT molecular complexity index is 1460. The van der Waals surface area contributed by atoms with Crippen molar-refractivity contribution in [3.63, 3.8) is 0 Å². The zero-order chi connectivity index (χ0) is 30.6. The zero-order valence-corrected chi connectivity index (χ0v) is 25.0. The average Bonchev–Trinajstić information content (AvgIpc) is 3.54. The Balaban J connectivity index is 1.57. The van der Waals surface area contributed by atoms with Gasteiger partial charge in [-0.15, -0.1) is 0 Å². The van der Waals surface area contributed by atoms with Crippen LogP contribution in [-0.2, 0) is 40.3 Å². The fraction of sp³-hybridized carbons (Fsp3) is 0.303. The van der Waals surface area contributed by atoms with Gasteiger partial charge in [0.15, 0.2) is 0 Å². The Labute approximate surface area is 254 Å². The predicted octanol–water partition coefficient (Wildman–Crippen LogP) is 5.93. The molecule has 1 heterocycles. The van der Waals surface area contributed by atoms with Gasteiger partial charge in [-0.3, -0.25) is 4.79 Å². The number of benzene rings is 3. The normalized spacial score (nSPS) is 12.5. The number of thioether (sulfide) groups is 1. The summed E-state index contributed by atoms with van der Waals surface area (Å²) in [6.07, 6.45) is 8.28. The number of aromatic nitrogens is 2. The molecule has 0 aliphatic heterocycles. The lowest BCUT2D eigenvalue weighted by molar-refractivity contribution is -0.142. The molecule has 1 N–H and O–H groups in total. The number of aryl methyl sites for hydroxylation is 2. The molecule has 0 aliphatic rings. The number of methoxy groups -OCH3 is 1. The first-order chi connectivity index (χ1) is 20.9. The molecule has 0 radical (unpaired) electrons. The Morgan fingerprint density at radius 2 is 1.67 bits per heavy atom. The fourth-order valence-electron chi connectivity index (χ4n) is 4.65. The smallest absolute Gasteiger partial charge is 0.328 e. The van der Waals surface area contributed by atoms with Crippen molar-refractivity contribution >= 4 is 23.6 Å². The monoisotopic (exact) mass is 607 g/mol. The summed E-state index contributed by atoms with van der Waals surface area (Å²) in [7, 11) is 1.30. The molecule has 10 heteroatoms. The third kappa shape index (κ3) is 9.49. The second-order valence-corrected chi connectivity index (χ2v) is 11.0. The van der Waals surface area contributed by atoms with Crippen LogP contribution >= 0.6 is 11.8 Å². The van der Waals surface area contributed by atoms with Crippen molar-refractivity contribution in [1.29, 1.82) is 0 Å². The van der Waals surface area contributed by atoms with Crippen LogP contribution < -0.4 is 5.32 Å². The van der Waals surface area contributed by atoms with Gasteiger partial charge in [0.2, 0.25) is 0 Å². The third-order valence-electron chi connectivity index (χ3n) is 7.05. The van der Waals surface area contributed by atoms with Crippen molar-refractivity contribution in [3.8, 4) is 0 Å². The number of hydrogen-bond acceptors (Lipinski definition) is 6. The lowest BCUT2D eigenvalue weighted by Crippen LogP contribution is -2.42. The van der Waals surface area contributed by atoms with Crippen molar-refractivity contribution in [2.45, 2.75) is 44.6 Å². The Hall–Kier alpha value is -4.02. The summed E-state index contributed by atoms with van der Waals surface area (Å²) in [5.41, 5.74) is 3.71. The minimum atomic E-state index is -0.784. The van der Waals surface area contributed by atoms with E-state index in [4.69, 9.17) is 9.47 Å². The van der Waals surface area contributed by atoms with Crippen LogP contribution in [0.25, 0.3) is 0 Å². The van der Waals surface area contributed by atoms with Crippen LogP contribution in [0.1, 0.15) is 45.1 Å². The molecule has 0 aliphatic carbocycles. The molecule has 3 aromatic carbocycles. The largest absolute Gasteiger partial charge is 0.467 e. The van der Waals surface area contributed by atoms with E-state index in [2.05, 4.69) is 10.3 Å². The lowest BCUT2D eigenvalue weighted by Gasteiger charge is -2.20. The number of amides is 1. The number of carbonyl (C=O) groups excluding carboxylic acids is 2. The molecule has 1 amide bonds. The molecular formula is C33H35F2N3O4S. The topological polar surface area (TPSA) is 82.5 Å². The van der Waals surface area contributed by atoms with Crippen LogP contribution in [0.2, 0.25) is 0 Å². The molecule has 0 bridgehead atoms. The van der Waals surface area contributed by atoms with Crippen LogP contribution in [0, 0.1) is 11.6 Å². The number of halogens is 2. The van der Waals surface area contributed by atoms with Gasteiger partial charge in [-0.1, -0.05) is 36.4 Å². The summed E-state index contributed by atoms with van der Waals surface area (Å²) in [4.78, 5) is 30.1. The van der Waals surface area contributed by atoms with Gasteiger partial charge in [0, 0.05) is 18.0 Å². The summed E-state index contributed by atoms with van der Waals surface area (Å²) >= 11 is 1.57. The molecule has 0 spiro atoms. The lowest BCUT2D eigenvalue weighted by atomic mass is 9.97. The fourth-order valence-corrected chi connectivity index (χ4v) is 5.12. The molecule has 1 aromatic heterocycles. The molecule has 43 heavy (non-hydrogen) atoms. The third-order valence-corrected chi connectivity index (χ3v) is 7.69. The highest BCUT2D eigenvalue weighted by molar-refractivity contribution is 7.98. The minimum Gasteiger partial charge on any atom is -0.467 e. The van der Waals surface area contributed by atoms with E-state index in [0.29, 0.717) is 37.1 Å². The summed E-state index contributed by atoms with van der Waals surface area (Å²) in [5, 5.41) is 2.85. The van der Waals surface area contributed by atoms with Crippen molar-refractivity contribution in [3.05, 3.63) is 125 Å². The number of nitrogens with zero attached hydrogens (tertiary/aromatic N) is 2. The molecular weight excluding hydrogens is 572 g/mol. The van der Waals surface area contributed by atoms with Gasteiger partial charge >= 0.3 is 5.97 Å². The summed E-state index contributed by atoms with van der Waals surface area (Å²) in [6, 6.07) is 17.2. The maximum absolute atomic E-state index is 13.6. The van der Waals surface area contributed by atoms with E-state index >= 15 is 0 Å². The first-order valence-corrected chi connectivity index (χ1v) is 15.3. The number of ether oxygens (including phenoxy) is 2. The van der Waals surface area contributed by atoms with Gasteiger partial charge in [0.25, 0.3) is 5.91 Å². The molecule has 0 saturated heterocycles. The highest BCUT2D eigenvalue weighted by atomic mass is 32.2. The standard InChI is InChI=1S/C33H35F2N3O4S/c1-41-33(40)30(15-18-43-2)37-32(39)29-19-24(4-8-25(29)7-3-23-5-11-27(34)12-6-23)21-42-31(20-38-17-16-36-22-38)26-9-13-28(35)14-10-26/h4-6,8-14,16-17,19,22,30-31H,3,7,15,18,20-21H2,1-2H3,(H,37,39)/t30-,31?/m0/s1. The van der Waals surface area contributed by atoms with Gasteiger partial charge in [-0.2, -0.15) is 11.8 Å². The van der Waals surface area contributed by atoms with Crippen molar-refractivity contribution in [2.75, 3.05) is 19.1 Å². The molecule has 0 fully saturated rings. The van der Waals surface area contributed by atoms with Crippen LogP contribution in [0.5, 0.6) is 0 Å². The average molecular weight is 608 g/mol. The zero-order valence-electron chi connectivity index (χ0n) is 24.2. The number of imidazole rings is 1. The van der Waals surface area contributed by atoms with Crippen molar-refractivity contribution in [2.24, 2.45) is 0 Å². The number of nitrogens with one attached hydrogen (secondary N) is 1. The highest BCUT2D eigenvalue weighted by Gasteiger charge is 2.23. The van der Waals surface area contributed by atoms with Crippen molar-refractivity contribution in [1.82, 2.24) is 14.9 Å². The summed E-state index contributed by atoms with van der Waals surface area (Å²) < 4.78 is 40.1. The maximum Gasteiger partial charge on any atom is 0.328 e. The first-order valence-electron chi connectivity index (χ1n) is 13.9. The van der Waals surface area contributed by atoms with Crippen LogP contribution in [0.15, 0.2) is 85.5 Å². The molecule has 7 nitrogen and oxygen atoms in total. The molecule has 226 valence electrons. The van der Waals surface area contributed by atoms with Crippen LogP contribution in [0.3, 0.4) is 0 Å². The second kappa shape index (κ2) is 16.0. The Morgan fingerprint density at radius 3 is 2.33 bits per heavy atom. The minimum absolute atomic E-state index is 0.183. The van der Waals surface area contributed by atoms with Gasteiger partial charge in [0.05, 0.1) is 26.6 Å². The molecule has 2 atom stereocenters. The van der Waals surface area contributed by atoms with E-state index in [1.165, 1.54) is 31.4 Å². The number of esters is 1. The maximum atomic E-state index is 13.6. The quantitative estimate of drug-likeness (QED) is 0.169. The number of hydrogen-bond donors (Lipinski definition) is 1. The first kappa shape index (κ1) is 31.9. The molecule has 1 unspecified atom stereocenters. The van der Waals surface area contributed by atoms with E-state index in [0.717, 1.165) is 22.3 Å². The summed E-state index contributed by atoms with van der Waals surface area (Å²) in [5.74, 6) is -0.857. The SMILES string of the molecule is COC(=O)[C@H](CCSC)NC(=O)c1cc(COC(Cn2ccnc2)c2ccc(F)cc2)ccc1CCc1ccc(F)cc1. The number of carbonyl (C=O) groups is 2. The predicted molar refractivity (Wildman–Crippen MR) is 163 cm³/mol.